The second-order valence-electron chi connectivity index (χ2n) is 2.46. The van der Waals surface area contributed by atoms with Crippen LogP contribution in [0.3, 0.4) is 0 Å². The van der Waals surface area contributed by atoms with Gasteiger partial charge in [0.1, 0.15) is 0 Å². The minimum absolute atomic E-state index is 0.0973. The smallest absolute Gasteiger partial charge is 0.222 e. The molecule has 72 valence electrons. The highest BCUT2D eigenvalue weighted by atomic mass is 79.9. The van der Waals surface area contributed by atoms with Crippen molar-refractivity contribution in [1.29, 1.82) is 0 Å². The Morgan fingerprint density at radius 1 is 1.62 bits per heavy atom. The largest absolute Gasteiger partial charge is 0.396 e. The number of rotatable bonds is 4. The van der Waals surface area contributed by atoms with Gasteiger partial charge in [0.2, 0.25) is 5.91 Å². The third-order valence-electron chi connectivity index (χ3n) is 1.43. The molecule has 2 N–H and O–H groups in total. The first-order valence-corrected chi connectivity index (χ1v) is 5.45. The monoisotopic (exact) mass is 263 g/mol. The van der Waals surface area contributed by atoms with Crippen LogP contribution in [0.5, 0.6) is 0 Å². The third-order valence-corrected chi connectivity index (χ3v) is 3.05. The summed E-state index contributed by atoms with van der Waals surface area (Å²) in [6.07, 6.45) is 0.173. The van der Waals surface area contributed by atoms with Gasteiger partial charge in [-0.05, 0) is 28.1 Å². The Bertz CT molecular complexity index is 287. The maximum absolute atomic E-state index is 10.9. The molecule has 0 spiro atoms. The second-order valence-corrected chi connectivity index (χ2v) is 5.00. The van der Waals surface area contributed by atoms with Crippen molar-refractivity contribution in [1.82, 2.24) is 5.32 Å². The van der Waals surface area contributed by atoms with Crippen LogP contribution in [-0.2, 0) is 11.3 Å². The van der Waals surface area contributed by atoms with Crippen LogP contribution in [0.4, 0.5) is 0 Å². The summed E-state index contributed by atoms with van der Waals surface area (Å²) in [7, 11) is 0. The molecule has 0 radical (unpaired) electrons. The fourth-order valence-corrected chi connectivity index (χ4v) is 2.25. The molecule has 5 heteroatoms. The van der Waals surface area contributed by atoms with E-state index in [2.05, 4.69) is 21.2 Å². The molecule has 1 aromatic rings. The average molecular weight is 264 g/mol. The molecular formula is C8H10BrNO2S. The van der Waals surface area contributed by atoms with Crippen molar-refractivity contribution in [2.45, 2.75) is 13.0 Å². The van der Waals surface area contributed by atoms with Crippen LogP contribution in [0.1, 0.15) is 11.3 Å². The van der Waals surface area contributed by atoms with Crippen LogP contribution in [-0.4, -0.2) is 17.6 Å². The first-order valence-electron chi connectivity index (χ1n) is 3.84. The van der Waals surface area contributed by atoms with E-state index in [1.165, 1.54) is 0 Å². The molecule has 0 aliphatic rings. The van der Waals surface area contributed by atoms with E-state index < -0.39 is 0 Å². The molecule has 0 atom stereocenters. The van der Waals surface area contributed by atoms with E-state index >= 15 is 0 Å². The fraction of sp³-hybridized carbons (Fsp3) is 0.375. The summed E-state index contributed by atoms with van der Waals surface area (Å²) in [6, 6.07) is 3.90. The van der Waals surface area contributed by atoms with Crippen molar-refractivity contribution in [2.75, 3.05) is 6.61 Å². The lowest BCUT2D eigenvalue weighted by Gasteiger charge is -2.00. The number of aliphatic hydroxyl groups excluding tert-OH is 1. The van der Waals surface area contributed by atoms with E-state index in [9.17, 15) is 4.79 Å². The van der Waals surface area contributed by atoms with E-state index in [4.69, 9.17) is 5.11 Å². The lowest BCUT2D eigenvalue weighted by atomic mass is 10.4. The van der Waals surface area contributed by atoms with Gasteiger partial charge in [-0.2, -0.15) is 0 Å². The van der Waals surface area contributed by atoms with Crippen LogP contribution >= 0.6 is 27.3 Å². The van der Waals surface area contributed by atoms with E-state index in [0.717, 1.165) is 8.66 Å². The Kier molecular flexibility index (Phi) is 4.41. The Labute approximate surface area is 88.9 Å². The number of nitrogens with one attached hydrogen (secondary N) is 1. The van der Waals surface area contributed by atoms with Crippen molar-refractivity contribution in [2.24, 2.45) is 0 Å². The SMILES string of the molecule is O=C(CCO)NCc1ccc(Br)s1. The Morgan fingerprint density at radius 2 is 2.38 bits per heavy atom. The number of carbonyl (C=O) groups is 1. The first-order chi connectivity index (χ1) is 6.22. The van der Waals surface area contributed by atoms with Crippen LogP contribution in [0.25, 0.3) is 0 Å². The molecule has 1 rings (SSSR count). The molecule has 0 fully saturated rings. The quantitative estimate of drug-likeness (QED) is 0.866. The summed E-state index contributed by atoms with van der Waals surface area (Å²) in [5.41, 5.74) is 0. The molecule has 0 aliphatic heterocycles. The number of hydrogen-bond donors (Lipinski definition) is 2. The Balaban J connectivity index is 2.30. The van der Waals surface area contributed by atoms with Crippen molar-refractivity contribution >= 4 is 33.2 Å². The summed E-state index contributed by atoms with van der Waals surface area (Å²) in [5.74, 6) is -0.118. The highest BCUT2D eigenvalue weighted by molar-refractivity contribution is 9.11. The number of hydrogen-bond acceptors (Lipinski definition) is 3. The van der Waals surface area contributed by atoms with Gasteiger partial charge in [-0.1, -0.05) is 0 Å². The summed E-state index contributed by atoms with van der Waals surface area (Å²) in [5, 5.41) is 11.2. The number of thiophene rings is 1. The molecule has 0 aromatic carbocycles. The van der Waals surface area contributed by atoms with E-state index in [1.54, 1.807) is 11.3 Å². The maximum Gasteiger partial charge on any atom is 0.222 e. The highest BCUT2D eigenvalue weighted by Crippen LogP contribution is 2.21. The van der Waals surface area contributed by atoms with Gasteiger partial charge >= 0.3 is 0 Å². The van der Waals surface area contributed by atoms with Gasteiger partial charge in [0.25, 0.3) is 0 Å². The van der Waals surface area contributed by atoms with E-state index in [0.29, 0.717) is 6.54 Å². The topological polar surface area (TPSA) is 49.3 Å². The lowest BCUT2D eigenvalue weighted by molar-refractivity contribution is -0.121. The van der Waals surface area contributed by atoms with Gasteiger partial charge < -0.3 is 10.4 Å². The molecule has 1 amide bonds. The van der Waals surface area contributed by atoms with Crippen LogP contribution in [0.15, 0.2) is 15.9 Å². The molecule has 0 aliphatic carbocycles. The molecule has 1 aromatic heterocycles. The average Bonchev–Trinajstić information content (AvgIpc) is 2.49. The van der Waals surface area contributed by atoms with E-state index in [1.807, 2.05) is 12.1 Å². The minimum Gasteiger partial charge on any atom is -0.396 e. The zero-order chi connectivity index (χ0) is 9.68. The Hall–Kier alpha value is -0.390. The maximum atomic E-state index is 10.9. The number of halogens is 1. The van der Waals surface area contributed by atoms with Crippen molar-refractivity contribution in [3.05, 3.63) is 20.8 Å². The van der Waals surface area contributed by atoms with Gasteiger partial charge in [-0.15, -0.1) is 11.3 Å². The van der Waals surface area contributed by atoms with Gasteiger partial charge in [0, 0.05) is 11.3 Å². The molecular weight excluding hydrogens is 254 g/mol. The standard InChI is InChI=1S/C8H10BrNO2S/c9-7-2-1-6(13-7)5-10-8(12)3-4-11/h1-2,11H,3-5H2,(H,10,12). The van der Waals surface area contributed by atoms with Gasteiger partial charge in [-0.3, -0.25) is 4.79 Å². The molecule has 0 saturated carbocycles. The summed E-state index contributed by atoms with van der Waals surface area (Å²) < 4.78 is 1.05. The summed E-state index contributed by atoms with van der Waals surface area (Å²) in [4.78, 5) is 12.0. The van der Waals surface area contributed by atoms with Gasteiger partial charge in [-0.25, -0.2) is 0 Å². The van der Waals surface area contributed by atoms with Crippen LogP contribution in [0.2, 0.25) is 0 Å². The highest BCUT2D eigenvalue weighted by Gasteiger charge is 2.01. The predicted molar refractivity (Wildman–Crippen MR) is 55.6 cm³/mol. The number of amides is 1. The van der Waals surface area contributed by atoms with Gasteiger partial charge in [0.15, 0.2) is 0 Å². The van der Waals surface area contributed by atoms with Gasteiger partial charge in [0.05, 0.1) is 16.9 Å². The number of aliphatic hydroxyl groups is 1. The van der Waals surface area contributed by atoms with Crippen LogP contribution in [0, 0.1) is 0 Å². The lowest BCUT2D eigenvalue weighted by Crippen LogP contribution is -2.22. The zero-order valence-electron chi connectivity index (χ0n) is 6.92. The molecule has 13 heavy (non-hydrogen) atoms. The first kappa shape index (κ1) is 10.7. The summed E-state index contributed by atoms with van der Waals surface area (Å²) >= 11 is 4.92. The molecule has 0 bridgehead atoms. The van der Waals surface area contributed by atoms with Crippen molar-refractivity contribution in [3.63, 3.8) is 0 Å². The van der Waals surface area contributed by atoms with Crippen LogP contribution < -0.4 is 5.32 Å². The number of carbonyl (C=O) groups excluding carboxylic acids is 1. The van der Waals surface area contributed by atoms with E-state index in [-0.39, 0.29) is 18.9 Å². The molecule has 0 saturated heterocycles. The molecule has 1 heterocycles. The minimum atomic E-state index is -0.118. The predicted octanol–water partition coefficient (Wildman–Crippen LogP) is 1.51. The molecule has 0 unspecified atom stereocenters. The normalized spacial score (nSPS) is 10.0. The molecule has 3 nitrogen and oxygen atoms in total. The Morgan fingerprint density at radius 3 is 2.92 bits per heavy atom. The third kappa shape index (κ3) is 3.89. The second kappa shape index (κ2) is 5.36. The summed E-state index contributed by atoms with van der Waals surface area (Å²) in [6.45, 7) is 0.440. The fourth-order valence-electron chi connectivity index (χ4n) is 0.822. The van der Waals surface area contributed by atoms with Crippen molar-refractivity contribution in [3.8, 4) is 0 Å². The zero-order valence-corrected chi connectivity index (χ0v) is 9.32. The van der Waals surface area contributed by atoms with Crippen molar-refractivity contribution < 1.29 is 9.90 Å².